The van der Waals surface area contributed by atoms with Gasteiger partial charge in [0.1, 0.15) is 18.8 Å². The van der Waals surface area contributed by atoms with Crippen LogP contribution in [0.15, 0.2) is 42.0 Å². The molecule has 0 radical (unpaired) electrons. The second kappa shape index (κ2) is 11.2. The zero-order valence-corrected chi connectivity index (χ0v) is 21.7. The SMILES string of the molecule is CCS(=O)(=O)N1CCN(C2=CC(=O)C(Nc3ncnc4cc(OCCOC)c(OC)cc34)=CC2=O)CC1. The first-order valence-corrected chi connectivity index (χ1v) is 13.3. The quantitative estimate of drug-likeness (QED) is 0.346. The summed E-state index contributed by atoms with van der Waals surface area (Å²) < 4.78 is 41.8. The number of carbonyl (C=O) groups is 2. The van der Waals surface area contributed by atoms with Crippen LogP contribution in [0.4, 0.5) is 5.82 Å². The van der Waals surface area contributed by atoms with Gasteiger partial charge in [-0.1, -0.05) is 0 Å². The molecule has 12 nitrogen and oxygen atoms in total. The average molecular weight is 532 g/mol. The van der Waals surface area contributed by atoms with Crippen LogP contribution in [0.5, 0.6) is 11.5 Å². The maximum atomic E-state index is 12.9. The summed E-state index contributed by atoms with van der Waals surface area (Å²) >= 11 is 0. The molecule has 1 aromatic heterocycles. The Hall–Kier alpha value is -3.55. The van der Waals surface area contributed by atoms with E-state index in [1.165, 1.54) is 29.9 Å². The van der Waals surface area contributed by atoms with Crippen molar-refractivity contribution < 1.29 is 32.2 Å². The molecule has 2 aliphatic rings. The van der Waals surface area contributed by atoms with E-state index >= 15 is 0 Å². The Balaban J connectivity index is 1.51. The Morgan fingerprint density at radius 3 is 2.41 bits per heavy atom. The summed E-state index contributed by atoms with van der Waals surface area (Å²) in [4.78, 5) is 36.1. The van der Waals surface area contributed by atoms with E-state index in [0.717, 1.165) is 0 Å². The van der Waals surface area contributed by atoms with Crippen molar-refractivity contribution in [1.29, 1.82) is 0 Å². The molecule has 1 N–H and O–H groups in total. The summed E-state index contributed by atoms with van der Waals surface area (Å²) in [5.74, 6) is 0.549. The Labute approximate surface area is 214 Å². The topological polar surface area (TPSA) is 140 Å². The minimum Gasteiger partial charge on any atom is -0.493 e. The number of nitrogens with zero attached hydrogens (tertiary/aromatic N) is 4. The standard InChI is InChI=1S/C24H29N5O7S/c1-4-37(32,33)29-7-5-28(6-8-29)19-14-20(30)18(12-21(19)31)27-24-16-11-22(35-3)23(36-10-9-34-2)13-17(16)25-15-26-24/h11-15H,4-10H2,1-3H3,(H,25,26,27). The van der Waals surface area contributed by atoms with E-state index in [1.54, 1.807) is 31.1 Å². The Bertz CT molecular complexity index is 1370. The van der Waals surface area contributed by atoms with Crippen molar-refractivity contribution in [3.63, 3.8) is 0 Å². The van der Waals surface area contributed by atoms with Gasteiger partial charge in [-0.2, -0.15) is 4.31 Å². The van der Waals surface area contributed by atoms with Gasteiger partial charge in [0.05, 0.1) is 36.4 Å². The number of piperazine rings is 1. The van der Waals surface area contributed by atoms with Crippen LogP contribution in [0.2, 0.25) is 0 Å². The van der Waals surface area contributed by atoms with E-state index in [4.69, 9.17) is 14.2 Å². The molecule has 0 amide bonds. The smallest absolute Gasteiger partial charge is 0.213 e. The number of methoxy groups -OCH3 is 2. The van der Waals surface area contributed by atoms with E-state index in [2.05, 4.69) is 15.3 Å². The molecule has 1 aliphatic carbocycles. The second-order valence-corrected chi connectivity index (χ2v) is 10.6. The first-order chi connectivity index (χ1) is 17.8. The molecule has 1 saturated heterocycles. The zero-order valence-electron chi connectivity index (χ0n) is 20.9. The summed E-state index contributed by atoms with van der Waals surface area (Å²) in [6.07, 6.45) is 3.86. The molecule has 0 spiro atoms. The van der Waals surface area contributed by atoms with E-state index in [0.29, 0.717) is 54.5 Å². The molecule has 37 heavy (non-hydrogen) atoms. The highest BCUT2D eigenvalue weighted by atomic mass is 32.2. The molecular weight excluding hydrogens is 502 g/mol. The maximum absolute atomic E-state index is 12.9. The van der Waals surface area contributed by atoms with Crippen LogP contribution in [0.1, 0.15) is 6.92 Å². The van der Waals surface area contributed by atoms with Gasteiger partial charge in [0.2, 0.25) is 21.6 Å². The molecule has 4 rings (SSSR count). The maximum Gasteiger partial charge on any atom is 0.213 e. The third kappa shape index (κ3) is 5.73. The van der Waals surface area contributed by atoms with Crippen LogP contribution in [-0.2, 0) is 24.3 Å². The Kier molecular flexibility index (Phi) is 8.05. The number of carbonyl (C=O) groups excluding carboxylic acids is 2. The van der Waals surface area contributed by atoms with E-state index < -0.39 is 15.8 Å². The van der Waals surface area contributed by atoms with Gasteiger partial charge in [-0.3, -0.25) is 9.59 Å². The van der Waals surface area contributed by atoms with Gasteiger partial charge in [-0.15, -0.1) is 0 Å². The molecule has 0 atom stereocenters. The average Bonchev–Trinajstić information content (AvgIpc) is 2.90. The monoisotopic (exact) mass is 531 g/mol. The highest BCUT2D eigenvalue weighted by Crippen LogP contribution is 2.34. The van der Waals surface area contributed by atoms with Crippen molar-refractivity contribution >= 4 is 38.3 Å². The Morgan fingerprint density at radius 2 is 1.73 bits per heavy atom. The van der Waals surface area contributed by atoms with Crippen molar-refractivity contribution in [2.24, 2.45) is 0 Å². The number of anilines is 1. The molecule has 2 heterocycles. The first kappa shape index (κ1) is 26.5. The minimum atomic E-state index is -3.30. The molecule has 0 unspecified atom stereocenters. The van der Waals surface area contributed by atoms with Crippen molar-refractivity contribution in [3.05, 3.63) is 42.0 Å². The highest BCUT2D eigenvalue weighted by molar-refractivity contribution is 7.89. The number of sulfonamides is 1. The molecule has 0 bridgehead atoms. The van der Waals surface area contributed by atoms with Gasteiger partial charge in [0.25, 0.3) is 0 Å². The largest absolute Gasteiger partial charge is 0.493 e. The van der Waals surface area contributed by atoms with Gasteiger partial charge < -0.3 is 24.4 Å². The van der Waals surface area contributed by atoms with Crippen LogP contribution in [0, 0.1) is 0 Å². The summed E-state index contributed by atoms with van der Waals surface area (Å²) in [5.41, 5.74) is 0.869. The fraction of sp³-hybridized carbons (Fsp3) is 0.417. The summed E-state index contributed by atoms with van der Waals surface area (Å²) in [6, 6.07) is 3.40. The van der Waals surface area contributed by atoms with Gasteiger partial charge in [-0.05, 0) is 13.0 Å². The fourth-order valence-corrected chi connectivity index (χ4v) is 5.17. The number of rotatable bonds is 10. The molecule has 1 fully saturated rings. The van der Waals surface area contributed by atoms with E-state index in [9.17, 15) is 18.0 Å². The number of hydrogen-bond donors (Lipinski definition) is 1. The second-order valence-electron chi connectivity index (χ2n) is 8.31. The van der Waals surface area contributed by atoms with Gasteiger partial charge in [0.15, 0.2) is 11.5 Å². The van der Waals surface area contributed by atoms with Crippen molar-refractivity contribution in [2.75, 3.05) is 64.7 Å². The molecule has 0 saturated carbocycles. The lowest BCUT2D eigenvalue weighted by Crippen LogP contribution is -2.49. The Morgan fingerprint density at radius 1 is 0.973 bits per heavy atom. The number of benzene rings is 1. The highest BCUT2D eigenvalue weighted by Gasteiger charge is 2.30. The van der Waals surface area contributed by atoms with E-state index in [1.807, 2.05) is 0 Å². The molecule has 2 aromatic rings. The minimum absolute atomic E-state index is 0.0244. The lowest BCUT2D eigenvalue weighted by atomic mass is 10.0. The molecule has 198 valence electrons. The number of ketones is 2. The van der Waals surface area contributed by atoms with Crippen LogP contribution >= 0.6 is 0 Å². The predicted molar refractivity (Wildman–Crippen MR) is 136 cm³/mol. The number of hydrogen-bond acceptors (Lipinski definition) is 11. The van der Waals surface area contributed by atoms with Crippen LogP contribution in [0.3, 0.4) is 0 Å². The summed E-state index contributed by atoms with van der Waals surface area (Å²) in [6.45, 7) is 3.50. The number of aromatic nitrogens is 2. The van der Waals surface area contributed by atoms with Gasteiger partial charge in [0, 0.05) is 56.9 Å². The van der Waals surface area contributed by atoms with E-state index in [-0.39, 0.29) is 36.0 Å². The number of allylic oxidation sites excluding steroid dienone is 2. The molecule has 1 aromatic carbocycles. The van der Waals surface area contributed by atoms with Crippen LogP contribution in [-0.4, -0.2) is 98.5 Å². The molecular formula is C24H29N5O7S. The summed E-state index contributed by atoms with van der Waals surface area (Å²) in [5, 5.41) is 3.53. The first-order valence-electron chi connectivity index (χ1n) is 11.7. The predicted octanol–water partition coefficient (Wildman–Crippen LogP) is 0.962. The molecule has 13 heteroatoms. The zero-order chi connectivity index (χ0) is 26.6. The number of fused-ring (bicyclic) bond motifs is 1. The van der Waals surface area contributed by atoms with Gasteiger partial charge >= 0.3 is 0 Å². The van der Waals surface area contributed by atoms with Crippen molar-refractivity contribution in [2.45, 2.75) is 6.92 Å². The lowest BCUT2D eigenvalue weighted by molar-refractivity contribution is -0.116. The third-order valence-corrected chi connectivity index (χ3v) is 8.00. The number of ether oxygens (including phenoxy) is 3. The fourth-order valence-electron chi connectivity index (χ4n) is 4.08. The van der Waals surface area contributed by atoms with Gasteiger partial charge in [-0.25, -0.2) is 18.4 Å². The summed E-state index contributed by atoms with van der Waals surface area (Å²) in [7, 11) is -0.205. The normalized spacial score (nSPS) is 17.0. The van der Waals surface area contributed by atoms with Crippen LogP contribution < -0.4 is 14.8 Å². The van der Waals surface area contributed by atoms with Crippen molar-refractivity contribution in [3.8, 4) is 11.5 Å². The lowest BCUT2D eigenvalue weighted by Gasteiger charge is -2.36. The van der Waals surface area contributed by atoms with Crippen LogP contribution in [0.25, 0.3) is 10.9 Å². The van der Waals surface area contributed by atoms with Crippen molar-refractivity contribution in [1.82, 2.24) is 19.2 Å². The molecule has 1 aliphatic heterocycles. The third-order valence-electron chi connectivity index (χ3n) is 6.12. The number of nitrogens with one attached hydrogen (secondary N) is 1.